The van der Waals surface area contributed by atoms with Crippen molar-refractivity contribution in [2.24, 2.45) is 0 Å². The highest BCUT2D eigenvalue weighted by molar-refractivity contribution is 7.18. The van der Waals surface area contributed by atoms with E-state index in [4.69, 9.17) is 4.98 Å². The van der Waals surface area contributed by atoms with Gasteiger partial charge in [0.25, 0.3) is 5.56 Å². The van der Waals surface area contributed by atoms with Gasteiger partial charge in [-0.3, -0.25) is 9.36 Å². The van der Waals surface area contributed by atoms with Crippen molar-refractivity contribution < 1.29 is 0 Å². The maximum Gasteiger partial charge on any atom is 0.262 e. The van der Waals surface area contributed by atoms with Gasteiger partial charge in [-0.1, -0.05) is 38.1 Å². The molecule has 0 spiro atoms. The lowest BCUT2D eigenvalue weighted by Crippen LogP contribution is -2.19. The Balaban J connectivity index is 1.81. The maximum absolute atomic E-state index is 12.7. The molecule has 2 aromatic heterocycles. The monoisotopic (exact) mass is 336 g/mol. The average Bonchev–Trinajstić information content (AvgIpc) is 3.21. The van der Waals surface area contributed by atoms with Crippen molar-refractivity contribution >= 4 is 33.2 Å². The fourth-order valence-electron chi connectivity index (χ4n) is 3.22. The molecule has 4 rings (SSSR count). The van der Waals surface area contributed by atoms with E-state index in [9.17, 15) is 4.79 Å². The molecular weight excluding hydrogens is 316 g/mol. The van der Waals surface area contributed by atoms with Crippen LogP contribution < -0.4 is 5.56 Å². The Bertz CT molecular complexity index is 993. The number of fused-ring (bicyclic) bond motifs is 2. The molecule has 1 aliphatic heterocycles. The summed E-state index contributed by atoms with van der Waals surface area (Å²) in [5.74, 6) is 0.844. The lowest BCUT2D eigenvalue weighted by Gasteiger charge is -2.03. The molecule has 0 unspecified atom stereocenters. The zero-order valence-electron chi connectivity index (χ0n) is 14.0. The summed E-state index contributed by atoms with van der Waals surface area (Å²) in [7, 11) is 0. The first-order valence-corrected chi connectivity index (χ1v) is 9.34. The van der Waals surface area contributed by atoms with Gasteiger partial charge in [0.15, 0.2) is 0 Å². The summed E-state index contributed by atoms with van der Waals surface area (Å²) >= 11 is 1.64. The van der Waals surface area contributed by atoms with Crippen LogP contribution in [0.3, 0.4) is 0 Å². The number of rotatable bonds is 3. The van der Waals surface area contributed by atoms with E-state index in [0.29, 0.717) is 0 Å². The molecule has 0 N–H and O–H groups in total. The Labute approximate surface area is 145 Å². The lowest BCUT2D eigenvalue weighted by molar-refractivity contribution is 0.726. The quantitative estimate of drug-likeness (QED) is 0.704. The molecule has 3 nitrogen and oxygen atoms in total. The van der Waals surface area contributed by atoms with Crippen molar-refractivity contribution in [2.75, 3.05) is 0 Å². The number of thiophene rings is 1. The second-order valence-corrected chi connectivity index (χ2v) is 7.31. The highest BCUT2D eigenvalue weighted by atomic mass is 32.1. The maximum atomic E-state index is 12.7. The molecule has 3 aromatic rings. The zero-order chi connectivity index (χ0) is 16.7. The van der Waals surface area contributed by atoms with E-state index in [2.05, 4.69) is 44.2 Å². The molecule has 0 amide bonds. The number of allylic oxidation sites excluding steroid dienone is 1. The largest absolute Gasteiger partial charge is 0.292 e. The van der Waals surface area contributed by atoms with Gasteiger partial charge in [0.2, 0.25) is 0 Å². The van der Waals surface area contributed by atoms with Crippen molar-refractivity contribution in [3.8, 4) is 0 Å². The van der Waals surface area contributed by atoms with Crippen LogP contribution in [0.15, 0.2) is 35.1 Å². The average molecular weight is 336 g/mol. The first kappa shape index (κ1) is 15.3. The second kappa shape index (κ2) is 6.02. The third-order valence-electron chi connectivity index (χ3n) is 4.67. The van der Waals surface area contributed by atoms with Crippen molar-refractivity contribution in [2.45, 2.75) is 39.7 Å². The molecule has 122 valence electrons. The van der Waals surface area contributed by atoms with Crippen LogP contribution in [0.1, 0.15) is 42.1 Å². The third kappa shape index (κ3) is 2.51. The molecule has 0 saturated carbocycles. The van der Waals surface area contributed by atoms with Crippen LogP contribution in [0.2, 0.25) is 0 Å². The summed E-state index contributed by atoms with van der Waals surface area (Å²) in [6, 6.07) is 10.6. The minimum Gasteiger partial charge on any atom is -0.292 e. The van der Waals surface area contributed by atoms with E-state index in [0.717, 1.165) is 47.4 Å². The highest BCUT2D eigenvalue weighted by Gasteiger charge is 2.21. The Morgan fingerprint density at radius 3 is 2.71 bits per heavy atom. The fraction of sp³-hybridized carbons (Fsp3) is 0.300. The van der Waals surface area contributed by atoms with Crippen LogP contribution in [0.25, 0.3) is 21.9 Å². The summed E-state index contributed by atoms with van der Waals surface area (Å²) in [5, 5.41) is 0.772. The van der Waals surface area contributed by atoms with E-state index in [-0.39, 0.29) is 5.56 Å². The number of aryl methyl sites for hydroxylation is 2. The SMILES string of the molecule is CCc1ccc(/C=C2\CCn3c2nc2sc(CC)cc2c3=O)cc1. The second-order valence-electron chi connectivity index (χ2n) is 6.19. The number of aromatic nitrogens is 2. The van der Waals surface area contributed by atoms with Crippen molar-refractivity contribution in [3.05, 3.63) is 62.5 Å². The molecule has 0 aliphatic carbocycles. The van der Waals surface area contributed by atoms with Crippen LogP contribution in [-0.2, 0) is 19.4 Å². The van der Waals surface area contributed by atoms with Gasteiger partial charge in [-0.25, -0.2) is 4.98 Å². The third-order valence-corrected chi connectivity index (χ3v) is 5.84. The van der Waals surface area contributed by atoms with Gasteiger partial charge in [0.1, 0.15) is 10.7 Å². The Hall–Kier alpha value is -2.20. The van der Waals surface area contributed by atoms with Crippen LogP contribution in [0, 0.1) is 0 Å². The van der Waals surface area contributed by atoms with E-state index in [1.54, 1.807) is 11.3 Å². The van der Waals surface area contributed by atoms with Gasteiger partial charge in [-0.15, -0.1) is 11.3 Å². The minimum atomic E-state index is 0.107. The summed E-state index contributed by atoms with van der Waals surface area (Å²) < 4.78 is 1.83. The highest BCUT2D eigenvalue weighted by Crippen LogP contribution is 2.30. The van der Waals surface area contributed by atoms with Crippen LogP contribution in [0.5, 0.6) is 0 Å². The molecule has 4 heteroatoms. The van der Waals surface area contributed by atoms with Crippen molar-refractivity contribution in [3.63, 3.8) is 0 Å². The zero-order valence-corrected chi connectivity index (χ0v) is 14.8. The molecular formula is C20H20N2OS. The number of benzene rings is 1. The molecule has 0 saturated heterocycles. The Morgan fingerprint density at radius 2 is 2.00 bits per heavy atom. The Morgan fingerprint density at radius 1 is 1.21 bits per heavy atom. The van der Waals surface area contributed by atoms with Crippen LogP contribution in [0.4, 0.5) is 0 Å². The summed E-state index contributed by atoms with van der Waals surface area (Å²) in [5.41, 5.74) is 3.77. The normalized spacial score (nSPS) is 15.3. The van der Waals surface area contributed by atoms with Gasteiger partial charge >= 0.3 is 0 Å². The lowest BCUT2D eigenvalue weighted by atomic mass is 10.1. The number of hydrogen-bond donors (Lipinski definition) is 0. The smallest absolute Gasteiger partial charge is 0.262 e. The Kier molecular flexibility index (Phi) is 3.85. The molecule has 0 radical (unpaired) electrons. The van der Waals surface area contributed by atoms with Gasteiger partial charge in [0.05, 0.1) is 5.39 Å². The van der Waals surface area contributed by atoms with Crippen molar-refractivity contribution in [1.82, 2.24) is 9.55 Å². The number of nitrogens with zero attached hydrogens (tertiary/aromatic N) is 2. The molecule has 0 atom stereocenters. The molecule has 0 bridgehead atoms. The summed E-state index contributed by atoms with van der Waals surface area (Å²) in [6.07, 6.45) is 5.04. The van der Waals surface area contributed by atoms with Gasteiger partial charge in [-0.05, 0) is 48.1 Å². The van der Waals surface area contributed by atoms with Gasteiger partial charge in [-0.2, -0.15) is 0 Å². The van der Waals surface area contributed by atoms with Gasteiger partial charge in [0, 0.05) is 11.4 Å². The van der Waals surface area contributed by atoms with E-state index in [1.807, 2.05) is 10.6 Å². The molecule has 0 fully saturated rings. The molecule has 3 heterocycles. The topological polar surface area (TPSA) is 34.9 Å². The predicted molar refractivity (Wildman–Crippen MR) is 102 cm³/mol. The first-order valence-electron chi connectivity index (χ1n) is 8.52. The summed E-state index contributed by atoms with van der Waals surface area (Å²) in [4.78, 5) is 19.6. The van der Waals surface area contributed by atoms with E-state index >= 15 is 0 Å². The standard InChI is InChI=1S/C20H20N2OS/c1-3-13-5-7-14(8-6-13)11-15-9-10-22-18(15)21-19-17(20(22)23)12-16(4-2)24-19/h5-8,11-12H,3-4,9-10H2,1-2H3/b15-11+. The first-order chi connectivity index (χ1) is 11.7. The fourth-order valence-corrected chi connectivity index (χ4v) is 4.18. The van der Waals surface area contributed by atoms with Crippen molar-refractivity contribution in [1.29, 1.82) is 0 Å². The predicted octanol–water partition coefficient (Wildman–Crippen LogP) is 4.53. The molecule has 24 heavy (non-hydrogen) atoms. The van der Waals surface area contributed by atoms with Crippen LogP contribution >= 0.6 is 11.3 Å². The minimum absolute atomic E-state index is 0.107. The summed E-state index contributed by atoms with van der Waals surface area (Å²) in [6.45, 7) is 5.00. The number of hydrogen-bond acceptors (Lipinski definition) is 3. The molecule has 1 aromatic carbocycles. The van der Waals surface area contributed by atoms with Crippen LogP contribution in [-0.4, -0.2) is 9.55 Å². The van der Waals surface area contributed by atoms with E-state index < -0.39 is 0 Å². The van der Waals surface area contributed by atoms with E-state index in [1.165, 1.54) is 16.0 Å². The van der Waals surface area contributed by atoms with Gasteiger partial charge < -0.3 is 0 Å². The molecule has 1 aliphatic rings.